The first-order valence-electron chi connectivity index (χ1n) is 5.35. The Kier molecular flexibility index (Phi) is 5.27. The van der Waals surface area contributed by atoms with Crippen molar-refractivity contribution in [3.63, 3.8) is 0 Å². The summed E-state index contributed by atoms with van der Waals surface area (Å²) in [6, 6.07) is 0. The lowest BCUT2D eigenvalue weighted by Gasteiger charge is -2.13. The van der Waals surface area contributed by atoms with E-state index in [1.807, 2.05) is 0 Å². The van der Waals surface area contributed by atoms with Gasteiger partial charge in [0.05, 0.1) is 11.1 Å². The first-order valence-corrected chi connectivity index (χ1v) is 6.47. The first-order chi connectivity index (χ1) is 8.08. The van der Waals surface area contributed by atoms with Crippen LogP contribution in [0.25, 0.3) is 0 Å². The Morgan fingerprint density at radius 3 is 2.88 bits per heavy atom. The Labute approximate surface area is 107 Å². The first kappa shape index (κ1) is 13.8. The number of alkyl halides is 1. The predicted octanol–water partition coefficient (Wildman–Crippen LogP) is 1.96. The number of aromatic nitrogens is 2. The zero-order valence-corrected chi connectivity index (χ0v) is 11.1. The van der Waals surface area contributed by atoms with Crippen LogP contribution in [0.4, 0.5) is 5.69 Å². The number of nitro groups is 1. The fourth-order valence-corrected chi connectivity index (χ4v) is 2.10. The van der Waals surface area contributed by atoms with Crippen LogP contribution in [-0.4, -0.2) is 19.8 Å². The van der Waals surface area contributed by atoms with Crippen molar-refractivity contribution in [1.29, 1.82) is 0 Å². The summed E-state index contributed by atoms with van der Waals surface area (Å²) in [5.74, 6) is 0.279. The molecule has 0 aliphatic carbocycles. The highest BCUT2D eigenvalue weighted by Gasteiger charge is 2.12. The minimum Gasteiger partial charge on any atom is -0.292 e. The van der Waals surface area contributed by atoms with E-state index in [2.05, 4.69) is 27.8 Å². The molecule has 0 saturated heterocycles. The van der Waals surface area contributed by atoms with Crippen molar-refractivity contribution >= 4 is 21.6 Å². The molecule has 7 heteroatoms. The van der Waals surface area contributed by atoms with Crippen molar-refractivity contribution in [2.45, 2.75) is 26.3 Å². The second-order valence-corrected chi connectivity index (χ2v) is 4.46. The Hall–Kier alpha value is -1.24. The van der Waals surface area contributed by atoms with Crippen molar-refractivity contribution in [2.75, 3.05) is 5.33 Å². The summed E-state index contributed by atoms with van der Waals surface area (Å²) in [7, 11) is 0. The summed E-state index contributed by atoms with van der Waals surface area (Å²) in [6.07, 6.45) is 4.20. The lowest BCUT2D eigenvalue weighted by atomic mass is 10.1. The maximum atomic E-state index is 11.5. The quantitative estimate of drug-likeness (QED) is 0.457. The van der Waals surface area contributed by atoms with Crippen LogP contribution in [0.2, 0.25) is 0 Å². The second kappa shape index (κ2) is 6.48. The summed E-state index contributed by atoms with van der Waals surface area (Å²) in [4.78, 5) is 25.0. The minimum atomic E-state index is -0.550. The highest BCUT2D eigenvalue weighted by atomic mass is 79.9. The molecule has 0 bridgehead atoms. The number of halogens is 1. The molecule has 1 heterocycles. The topological polar surface area (TPSA) is 78.0 Å². The Bertz CT molecular complexity index is 447. The van der Waals surface area contributed by atoms with Gasteiger partial charge in [-0.3, -0.25) is 14.7 Å². The van der Waals surface area contributed by atoms with Crippen molar-refractivity contribution in [2.24, 2.45) is 5.92 Å². The van der Waals surface area contributed by atoms with Gasteiger partial charge in [-0.1, -0.05) is 29.3 Å². The molecule has 0 N–H and O–H groups in total. The minimum absolute atomic E-state index is 0.158. The zero-order valence-electron chi connectivity index (χ0n) is 9.50. The number of hydrogen-bond donors (Lipinski definition) is 0. The Balaban J connectivity index is 2.92. The van der Waals surface area contributed by atoms with Gasteiger partial charge in [-0.2, -0.15) is 4.98 Å². The molecule has 0 radical (unpaired) electrons. The van der Waals surface area contributed by atoms with Crippen LogP contribution in [0.1, 0.15) is 19.8 Å². The summed E-state index contributed by atoms with van der Waals surface area (Å²) in [5.41, 5.74) is -0.605. The smallest absolute Gasteiger partial charge is 0.292 e. The van der Waals surface area contributed by atoms with Gasteiger partial charge in [0.15, 0.2) is 0 Å². The van der Waals surface area contributed by atoms with Gasteiger partial charge in [-0.05, 0) is 12.3 Å². The molecular weight excluding hydrogens is 290 g/mol. The fraction of sp³-hybridized carbons (Fsp3) is 0.600. The molecule has 0 fully saturated rings. The molecular formula is C10H14BrN3O3. The monoisotopic (exact) mass is 303 g/mol. The third kappa shape index (κ3) is 3.92. The van der Waals surface area contributed by atoms with E-state index >= 15 is 0 Å². The van der Waals surface area contributed by atoms with Gasteiger partial charge in [-0.25, -0.2) is 4.79 Å². The van der Waals surface area contributed by atoms with Gasteiger partial charge in [-0.15, -0.1) is 0 Å². The molecule has 0 aromatic carbocycles. The van der Waals surface area contributed by atoms with Crippen LogP contribution in [0.5, 0.6) is 0 Å². The summed E-state index contributed by atoms with van der Waals surface area (Å²) in [5, 5.41) is 11.3. The van der Waals surface area contributed by atoms with E-state index in [-0.39, 0.29) is 11.6 Å². The summed E-state index contributed by atoms with van der Waals surface area (Å²) in [6.45, 7) is 2.51. The van der Waals surface area contributed by atoms with Crippen LogP contribution in [0, 0.1) is 16.0 Å². The van der Waals surface area contributed by atoms with Gasteiger partial charge >= 0.3 is 11.4 Å². The number of rotatable bonds is 6. The molecule has 17 heavy (non-hydrogen) atoms. The lowest BCUT2D eigenvalue weighted by molar-refractivity contribution is -0.385. The van der Waals surface area contributed by atoms with Crippen molar-refractivity contribution in [1.82, 2.24) is 9.55 Å². The van der Waals surface area contributed by atoms with Crippen LogP contribution in [0.15, 0.2) is 17.2 Å². The summed E-state index contributed by atoms with van der Waals surface area (Å²) < 4.78 is 1.31. The van der Waals surface area contributed by atoms with E-state index in [4.69, 9.17) is 0 Å². The lowest BCUT2D eigenvalue weighted by Crippen LogP contribution is -2.26. The molecule has 0 aliphatic rings. The third-order valence-electron chi connectivity index (χ3n) is 2.42. The Morgan fingerprint density at radius 2 is 2.35 bits per heavy atom. The number of hydrogen-bond acceptors (Lipinski definition) is 4. The largest absolute Gasteiger partial charge is 0.347 e. The van der Waals surface area contributed by atoms with Crippen molar-refractivity contribution in [3.8, 4) is 0 Å². The maximum absolute atomic E-state index is 11.5. The number of nitrogens with zero attached hydrogens (tertiary/aromatic N) is 3. The van der Waals surface area contributed by atoms with E-state index in [0.29, 0.717) is 6.54 Å². The van der Waals surface area contributed by atoms with E-state index < -0.39 is 10.6 Å². The fourth-order valence-electron chi connectivity index (χ4n) is 1.57. The normalized spacial score (nSPS) is 12.4. The van der Waals surface area contributed by atoms with Crippen LogP contribution in [-0.2, 0) is 6.54 Å². The van der Waals surface area contributed by atoms with Crippen molar-refractivity contribution < 1.29 is 4.92 Å². The van der Waals surface area contributed by atoms with Gasteiger partial charge in [0, 0.05) is 11.9 Å². The zero-order chi connectivity index (χ0) is 12.8. The highest BCUT2D eigenvalue weighted by Crippen LogP contribution is 2.13. The molecule has 0 amide bonds. The van der Waals surface area contributed by atoms with E-state index in [9.17, 15) is 14.9 Å². The SMILES string of the molecule is CCCC(CBr)Cn1cc([N+](=O)[O-])cnc1=O. The molecule has 94 valence electrons. The highest BCUT2D eigenvalue weighted by molar-refractivity contribution is 9.09. The van der Waals surface area contributed by atoms with Crippen LogP contribution < -0.4 is 5.69 Å². The molecule has 0 saturated carbocycles. The van der Waals surface area contributed by atoms with Gasteiger partial charge in [0.1, 0.15) is 6.20 Å². The van der Waals surface area contributed by atoms with Gasteiger partial charge < -0.3 is 0 Å². The molecule has 6 nitrogen and oxygen atoms in total. The second-order valence-electron chi connectivity index (χ2n) is 3.81. The molecule has 1 aromatic heterocycles. The molecule has 1 aromatic rings. The molecule has 0 spiro atoms. The molecule has 1 rings (SSSR count). The molecule has 0 aliphatic heterocycles. The van der Waals surface area contributed by atoms with Crippen LogP contribution >= 0.6 is 15.9 Å². The van der Waals surface area contributed by atoms with Gasteiger partial charge in [0.25, 0.3) is 0 Å². The standard InChI is InChI=1S/C10H14BrN3O3/c1-2-3-8(4-11)6-13-7-9(14(16)17)5-12-10(13)15/h5,7-8H,2-4,6H2,1H3. The average Bonchev–Trinajstić information content (AvgIpc) is 2.30. The van der Waals surface area contributed by atoms with E-state index in [0.717, 1.165) is 24.4 Å². The van der Waals surface area contributed by atoms with Crippen LogP contribution in [0.3, 0.4) is 0 Å². The maximum Gasteiger partial charge on any atom is 0.347 e. The van der Waals surface area contributed by atoms with E-state index in [1.165, 1.54) is 10.8 Å². The summed E-state index contributed by atoms with van der Waals surface area (Å²) >= 11 is 3.38. The molecule has 1 unspecified atom stereocenters. The van der Waals surface area contributed by atoms with Crippen molar-refractivity contribution in [3.05, 3.63) is 33.0 Å². The predicted molar refractivity (Wildman–Crippen MR) is 67.3 cm³/mol. The third-order valence-corrected chi connectivity index (χ3v) is 3.34. The Morgan fingerprint density at radius 1 is 1.65 bits per heavy atom. The van der Waals surface area contributed by atoms with Gasteiger partial charge in [0.2, 0.25) is 0 Å². The average molecular weight is 304 g/mol. The van der Waals surface area contributed by atoms with E-state index in [1.54, 1.807) is 0 Å². The molecule has 1 atom stereocenters.